The molecule has 0 saturated heterocycles. The summed E-state index contributed by atoms with van der Waals surface area (Å²) in [5.41, 5.74) is 0.202. The number of Topliss-reactive ketones (excluding diaryl/α,β-unsaturated/α-hetero) is 2. The zero-order chi connectivity index (χ0) is 15.4. The van der Waals surface area contributed by atoms with E-state index in [9.17, 15) is 14.4 Å². The van der Waals surface area contributed by atoms with Crippen LogP contribution in [0.4, 0.5) is 0 Å². The Kier molecular flexibility index (Phi) is 4.05. The van der Waals surface area contributed by atoms with Gasteiger partial charge in [0.05, 0.1) is 6.42 Å². The number of nitriles is 1. The molecule has 21 heavy (non-hydrogen) atoms. The molecule has 0 aromatic carbocycles. The van der Waals surface area contributed by atoms with Crippen molar-refractivity contribution in [2.24, 2.45) is 0 Å². The molecule has 0 aliphatic rings. The Bertz CT molecular complexity index is 801. The summed E-state index contributed by atoms with van der Waals surface area (Å²) >= 11 is 0. The van der Waals surface area contributed by atoms with E-state index in [1.807, 2.05) is 0 Å². The van der Waals surface area contributed by atoms with Crippen LogP contribution in [0.2, 0.25) is 0 Å². The van der Waals surface area contributed by atoms with Gasteiger partial charge in [-0.1, -0.05) is 0 Å². The summed E-state index contributed by atoms with van der Waals surface area (Å²) in [6.45, 7) is 1.55. The smallest absolute Gasteiger partial charge is 0.266 e. The largest absolute Gasteiger partial charge is 0.325 e. The van der Waals surface area contributed by atoms with Crippen LogP contribution in [-0.4, -0.2) is 21.5 Å². The molecule has 2 aromatic rings. The molecule has 0 unspecified atom stereocenters. The summed E-state index contributed by atoms with van der Waals surface area (Å²) in [5.74, 6) is -0.784. The minimum absolute atomic E-state index is 0.152. The molecule has 1 N–H and O–H groups in total. The van der Waals surface area contributed by atoms with Crippen LogP contribution >= 0.6 is 0 Å². The van der Waals surface area contributed by atoms with Crippen LogP contribution in [0.3, 0.4) is 0 Å². The fraction of sp³-hybridized carbons (Fsp3) is 0.133. The molecule has 0 amide bonds. The van der Waals surface area contributed by atoms with Gasteiger partial charge in [-0.15, -0.1) is 0 Å². The Morgan fingerprint density at radius 2 is 1.95 bits per heavy atom. The maximum Gasteiger partial charge on any atom is 0.266 e. The number of hydrogen-bond donors (Lipinski definition) is 1. The van der Waals surface area contributed by atoms with E-state index < -0.39 is 11.3 Å². The number of hydrogen-bond acceptors (Lipinski definition) is 5. The number of aromatic amines is 1. The molecule has 2 aromatic heterocycles. The van der Waals surface area contributed by atoms with E-state index in [0.717, 1.165) is 0 Å². The summed E-state index contributed by atoms with van der Waals surface area (Å²) in [4.78, 5) is 41.8. The van der Waals surface area contributed by atoms with Crippen molar-refractivity contribution in [2.45, 2.75) is 13.3 Å². The van der Waals surface area contributed by atoms with Gasteiger partial charge in [0.2, 0.25) is 0 Å². The van der Waals surface area contributed by atoms with Crippen molar-refractivity contribution in [2.75, 3.05) is 0 Å². The number of nitrogens with zero attached hydrogens (tertiary/aromatic N) is 2. The average molecular weight is 281 g/mol. The highest BCUT2D eigenvalue weighted by molar-refractivity contribution is 6.13. The number of ketones is 2. The fourth-order valence-electron chi connectivity index (χ4n) is 1.88. The third kappa shape index (κ3) is 3.09. The molecule has 0 bridgehead atoms. The van der Waals surface area contributed by atoms with Crippen molar-refractivity contribution >= 4 is 11.6 Å². The lowest BCUT2D eigenvalue weighted by Gasteiger charge is -2.05. The predicted octanol–water partition coefficient (Wildman–Crippen LogP) is 1.41. The molecule has 104 valence electrons. The Labute approximate surface area is 120 Å². The summed E-state index contributed by atoms with van der Waals surface area (Å²) in [5, 5.41) is 8.82. The van der Waals surface area contributed by atoms with Gasteiger partial charge in [0, 0.05) is 29.2 Å². The summed E-state index contributed by atoms with van der Waals surface area (Å²) in [6, 6.07) is 5.98. The van der Waals surface area contributed by atoms with Crippen LogP contribution in [-0.2, 0) is 0 Å². The van der Waals surface area contributed by atoms with Crippen molar-refractivity contribution in [3.63, 3.8) is 0 Å². The topological polar surface area (TPSA) is 104 Å². The molecule has 6 nitrogen and oxygen atoms in total. The Balaban J connectivity index is 2.28. The van der Waals surface area contributed by atoms with Crippen molar-refractivity contribution in [3.8, 4) is 6.07 Å². The van der Waals surface area contributed by atoms with Gasteiger partial charge in [0.25, 0.3) is 5.56 Å². The second-order valence-electron chi connectivity index (χ2n) is 4.42. The van der Waals surface area contributed by atoms with Gasteiger partial charge in [0.1, 0.15) is 11.6 Å². The van der Waals surface area contributed by atoms with E-state index in [1.54, 1.807) is 13.0 Å². The van der Waals surface area contributed by atoms with Crippen molar-refractivity contribution < 1.29 is 9.59 Å². The molecule has 0 aliphatic heterocycles. The van der Waals surface area contributed by atoms with Crippen LogP contribution in [0.1, 0.15) is 38.4 Å². The highest BCUT2D eigenvalue weighted by atomic mass is 16.1. The van der Waals surface area contributed by atoms with Gasteiger partial charge in [-0.2, -0.15) is 5.26 Å². The molecule has 6 heteroatoms. The maximum absolute atomic E-state index is 12.2. The normalized spacial score (nSPS) is 9.90. The predicted molar refractivity (Wildman–Crippen MR) is 74.0 cm³/mol. The lowest BCUT2D eigenvalue weighted by Crippen LogP contribution is -2.17. The molecular weight excluding hydrogens is 270 g/mol. The third-order valence-corrected chi connectivity index (χ3v) is 2.98. The number of H-pyrrole nitrogens is 1. The van der Waals surface area contributed by atoms with Crippen LogP contribution in [0, 0.1) is 18.3 Å². The maximum atomic E-state index is 12.2. The van der Waals surface area contributed by atoms with Crippen LogP contribution in [0.5, 0.6) is 0 Å². The fourth-order valence-corrected chi connectivity index (χ4v) is 1.88. The molecule has 0 spiro atoms. The van der Waals surface area contributed by atoms with Crippen molar-refractivity contribution in [1.82, 2.24) is 9.97 Å². The van der Waals surface area contributed by atoms with Crippen LogP contribution in [0.25, 0.3) is 0 Å². The number of pyridine rings is 2. The number of nitrogens with one attached hydrogen (secondary N) is 1. The van der Waals surface area contributed by atoms with E-state index in [4.69, 9.17) is 5.26 Å². The molecule has 0 saturated carbocycles. The lowest BCUT2D eigenvalue weighted by atomic mass is 10.0. The lowest BCUT2D eigenvalue weighted by molar-refractivity contribution is 0.0893. The molecular formula is C15H11N3O3. The van der Waals surface area contributed by atoms with Gasteiger partial charge in [-0.25, -0.2) is 0 Å². The Hall–Kier alpha value is -3.07. The molecule has 2 heterocycles. The van der Waals surface area contributed by atoms with Crippen LogP contribution < -0.4 is 5.56 Å². The Morgan fingerprint density at radius 3 is 2.57 bits per heavy atom. The highest BCUT2D eigenvalue weighted by Gasteiger charge is 2.17. The van der Waals surface area contributed by atoms with Gasteiger partial charge in [-0.05, 0) is 25.1 Å². The summed E-state index contributed by atoms with van der Waals surface area (Å²) in [7, 11) is 0. The first-order valence-corrected chi connectivity index (χ1v) is 6.13. The van der Waals surface area contributed by atoms with E-state index in [0.29, 0.717) is 11.3 Å². The molecule has 0 aliphatic carbocycles. The zero-order valence-electron chi connectivity index (χ0n) is 11.2. The van der Waals surface area contributed by atoms with Gasteiger partial charge < -0.3 is 4.98 Å². The molecule has 0 fully saturated rings. The number of rotatable bonds is 4. The SMILES string of the molecule is Cc1[nH]c(=O)c(C#N)cc1C(=O)CC(=O)c1ccncc1. The number of carbonyl (C=O) groups is 2. The standard InChI is InChI=1S/C15H11N3O3/c1-9-12(6-11(8-16)15(21)18-9)14(20)7-13(19)10-2-4-17-5-3-10/h2-6H,7H2,1H3,(H,18,21). The van der Waals surface area contributed by atoms with Gasteiger partial charge >= 0.3 is 0 Å². The first-order chi connectivity index (χ1) is 10.0. The quantitative estimate of drug-likeness (QED) is 0.674. The first kappa shape index (κ1) is 14.3. The highest BCUT2D eigenvalue weighted by Crippen LogP contribution is 2.11. The minimum atomic E-state index is -0.549. The van der Waals surface area contributed by atoms with Crippen molar-refractivity contribution in [1.29, 1.82) is 5.26 Å². The van der Waals surface area contributed by atoms with Crippen LogP contribution in [0.15, 0.2) is 35.4 Å². The first-order valence-electron chi connectivity index (χ1n) is 6.13. The molecule has 2 rings (SSSR count). The van der Waals surface area contributed by atoms with E-state index >= 15 is 0 Å². The van der Waals surface area contributed by atoms with Crippen molar-refractivity contribution in [3.05, 3.63) is 63.3 Å². The van der Waals surface area contributed by atoms with E-state index in [1.165, 1.54) is 30.6 Å². The zero-order valence-corrected chi connectivity index (χ0v) is 11.2. The number of carbonyl (C=O) groups excluding carboxylic acids is 2. The monoisotopic (exact) mass is 281 g/mol. The molecule has 0 atom stereocenters. The van der Waals surface area contributed by atoms with Gasteiger partial charge in [0.15, 0.2) is 11.6 Å². The Morgan fingerprint density at radius 1 is 1.29 bits per heavy atom. The second kappa shape index (κ2) is 5.92. The van der Waals surface area contributed by atoms with E-state index in [2.05, 4.69) is 9.97 Å². The van der Waals surface area contributed by atoms with E-state index in [-0.39, 0.29) is 23.3 Å². The summed E-state index contributed by atoms with van der Waals surface area (Å²) in [6.07, 6.45) is 2.61. The second-order valence-corrected chi connectivity index (χ2v) is 4.42. The average Bonchev–Trinajstić information content (AvgIpc) is 2.48. The minimum Gasteiger partial charge on any atom is -0.325 e. The van der Waals surface area contributed by atoms with Gasteiger partial charge in [-0.3, -0.25) is 19.4 Å². The number of aromatic nitrogens is 2. The molecule has 0 radical (unpaired) electrons. The summed E-state index contributed by atoms with van der Waals surface area (Å²) < 4.78 is 0. The third-order valence-electron chi connectivity index (χ3n) is 2.98. The number of aryl methyl sites for hydroxylation is 1.